The maximum absolute atomic E-state index is 11.5. The van der Waals surface area contributed by atoms with Gasteiger partial charge in [0.1, 0.15) is 11.7 Å². The first kappa shape index (κ1) is 14.8. The number of rotatable bonds is 5. The molecule has 0 aliphatic rings. The van der Waals surface area contributed by atoms with Gasteiger partial charge >= 0.3 is 11.9 Å². The lowest BCUT2D eigenvalue weighted by Crippen LogP contribution is -2.14. The molecule has 2 N–H and O–H groups in total. The van der Waals surface area contributed by atoms with Gasteiger partial charge in [-0.3, -0.25) is 4.79 Å². The van der Waals surface area contributed by atoms with E-state index in [9.17, 15) is 14.7 Å². The first-order chi connectivity index (χ1) is 9.88. The summed E-state index contributed by atoms with van der Waals surface area (Å²) in [5.41, 5.74) is 2.96. The predicted octanol–water partition coefficient (Wildman–Crippen LogP) is 3.01. The summed E-state index contributed by atoms with van der Waals surface area (Å²) in [6.07, 6.45) is 0.259. The number of aromatic carboxylic acids is 1. The van der Waals surface area contributed by atoms with Crippen molar-refractivity contribution < 1.29 is 24.2 Å². The second kappa shape index (κ2) is 5.83. The smallest absolute Gasteiger partial charge is 0.371 e. The van der Waals surface area contributed by atoms with Gasteiger partial charge in [-0.25, -0.2) is 4.79 Å². The lowest BCUT2D eigenvalue weighted by Gasteiger charge is -2.12. The molecule has 0 spiro atoms. The molecule has 0 bridgehead atoms. The van der Waals surface area contributed by atoms with Crippen LogP contribution in [0.1, 0.15) is 38.9 Å². The summed E-state index contributed by atoms with van der Waals surface area (Å²) in [5.74, 6) is -3.25. The molecule has 0 saturated heterocycles. The van der Waals surface area contributed by atoms with Gasteiger partial charge in [0.2, 0.25) is 5.76 Å². The fourth-order valence-electron chi connectivity index (χ4n) is 2.20. The highest BCUT2D eigenvalue weighted by Crippen LogP contribution is 2.25. The molecule has 1 heterocycles. The molecule has 21 heavy (non-hydrogen) atoms. The molecule has 2 rings (SSSR count). The summed E-state index contributed by atoms with van der Waals surface area (Å²) >= 11 is 0. The quantitative estimate of drug-likeness (QED) is 0.883. The molecule has 0 aliphatic heterocycles. The number of carboxylic acid groups (broad SMARTS) is 2. The highest BCUT2D eigenvalue weighted by atomic mass is 16.4. The standard InChI is InChI=1S/C16H16O5/c1-9-3-4-10(2)11(7-9)8-12(15(17)18)13-5-6-14(21-13)16(19)20/h3-7,12H,8H2,1-2H3,(H,17,18)(H,19,20). The minimum absolute atomic E-state index is 0.154. The van der Waals surface area contributed by atoms with E-state index in [1.807, 2.05) is 32.0 Å². The summed E-state index contributed by atoms with van der Waals surface area (Å²) in [4.78, 5) is 22.3. The van der Waals surface area contributed by atoms with Crippen LogP contribution >= 0.6 is 0 Å². The maximum atomic E-state index is 11.5. The van der Waals surface area contributed by atoms with Crippen molar-refractivity contribution in [1.82, 2.24) is 0 Å². The predicted molar refractivity (Wildman–Crippen MR) is 75.7 cm³/mol. The van der Waals surface area contributed by atoms with Crippen molar-refractivity contribution in [3.8, 4) is 0 Å². The Morgan fingerprint density at radius 1 is 1.14 bits per heavy atom. The van der Waals surface area contributed by atoms with Gasteiger partial charge in [-0.2, -0.15) is 0 Å². The molecule has 2 aromatic rings. The van der Waals surface area contributed by atoms with Crippen LogP contribution in [0.2, 0.25) is 0 Å². The van der Waals surface area contributed by atoms with E-state index in [-0.39, 0.29) is 17.9 Å². The van der Waals surface area contributed by atoms with Crippen LogP contribution in [0.4, 0.5) is 0 Å². The van der Waals surface area contributed by atoms with Gasteiger partial charge in [0, 0.05) is 0 Å². The van der Waals surface area contributed by atoms with E-state index in [1.165, 1.54) is 12.1 Å². The van der Waals surface area contributed by atoms with Gasteiger partial charge < -0.3 is 14.6 Å². The van der Waals surface area contributed by atoms with Crippen LogP contribution < -0.4 is 0 Å². The Morgan fingerprint density at radius 2 is 1.86 bits per heavy atom. The number of aliphatic carboxylic acids is 1. The Labute approximate surface area is 121 Å². The molecule has 0 aliphatic carbocycles. The summed E-state index contributed by atoms with van der Waals surface area (Å²) in [7, 11) is 0. The number of carboxylic acids is 2. The van der Waals surface area contributed by atoms with Crippen LogP contribution in [0.15, 0.2) is 34.7 Å². The van der Waals surface area contributed by atoms with E-state index in [0.29, 0.717) is 0 Å². The van der Waals surface area contributed by atoms with E-state index in [2.05, 4.69) is 0 Å². The van der Waals surface area contributed by atoms with Crippen LogP contribution in [0.3, 0.4) is 0 Å². The zero-order valence-electron chi connectivity index (χ0n) is 11.8. The summed E-state index contributed by atoms with van der Waals surface area (Å²) in [6, 6.07) is 8.52. The zero-order chi connectivity index (χ0) is 15.6. The van der Waals surface area contributed by atoms with Crippen molar-refractivity contribution >= 4 is 11.9 Å². The zero-order valence-corrected chi connectivity index (χ0v) is 11.8. The SMILES string of the molecule is Cc1ccc(C)c(CC(C(=O)O)c2ccc(C(=O)O)o2)c1. The molecule has 1 aromatic carbocycles. The van der Waals surface area contributed by atoms with Gasteiger partial charge in [0.05, 0.1) is 0 Å². The third-order valence-electron chi connectivity index (χ3n) is 3.41. The minimum Gasteiger partial charge on any atom is -0.481 e. The maximum Gasteiger partial charge on any atom is 0.371 e. The van der Waals surface area contributed by atoms with Crippen molar-refractivity contribution in [2.24, 2.45) is 0 Å². The number of hydrogen-bond acceptors (Lipinski definition) is 3. The second-order valence-electron chi connectivity index (χ2n) is 5.03. The average Bonchev–Trinajstić information content (AvgIpc) is 2.88. The van der Waals surface area contributed by atoms with Gasteiger partial charge in [0.25, 0.3) is 0 Å². The number of carbonyl (C=O) groups is 2. The normalized spacial score (nSPS) is 12.1. The fourth-order valence-corrected chi connectivity index (χ4v) is 2.20. The van der Waals surface area contributed by atoms with Gasteiger partial charge in [0.15, 0.2) is 0 Å². The molecule has 0 amide bonds. The number of benzene rings is 1. The topological polar surface area (TPSA) is 87.7 Å². The number of aryl methyl sites for hydroxylation is 2. The molecule has 1 atom stereocenters. The molecule has 110 valence electrons. The molecular formula is C16H16O5. The fraction of sp³-hybridized carbons (Fsp3) is 0.250. The Hall–Kier alpha value is -2.56. The first-order valence-electron chi connectivity index (χ1n) is 6.50. The lowest BCUT2D eigenvalue weighted by atomic mass is 9.93. The highest BCUT2D eigenvalue weighted by molar-refractivity contribution is 5.84. The molecule has 5 heteroatoms. The van der Waals surface area contributed by atoms with Crippen LogP contribution in [0, 0.1) is 13.8 Å². The van der Waals surface area contributed by atoms with Crippen molar-refractivity contribution in [2.45, 2.75) is 26.2 Å². The highest BCUT2D eigenvalue weighted by Gasteiger charge is 2.25. The van der Waals surface area contributed by atoms with Crippen molar-refractivity contribution in [3.63, 3.8) is 0 Å². The van der Waals surface area contributed by atoms with Gasteiger partial charge in [-0.05, 0) is 43.5 Å². The van der Waals surface area contributed by atoms with Crippen LogP contribution in [0.5, 0.6) is 0 Å². The molecule has 0 fully saturated rings. The van der Waals surface area contributed by atoms with E-state index in [0.717, 1.165) is 16.7 Å². The molecule has 0 radical (unpaired) electrons. The average molecular weight is 288 g/mol. The van der Waals surface area contributed by atoms with Gasteiger partial charge in [-0.1, -0.05) is 23.8 Å². The van der Waals surface area contributed by atoms with Crippen LogP contribution in [-0.2, 0) is 11.2 Å². The van der Waals surface area contributed by atoms with E-state index in [1.54, 1.807) is 0 Å². The van der Waals surface area contributed by atoms with E-state index < -0.39 is 17.9 Å². The Bertz CT molecular complexity index is 684. The van der Waals surface area contributed by atoms with Gasteiger partial charge in [-0.15, -0.1) is 0 Å². The first-order valence-corrected chi connectivity index (χ1v) is 6.50. The van der Waals surface area contributed by atoms with Crippen molar-refractivity contribution in [1.29, 1.82) is 0 Å². The van der Waals surface area contributed by atoms with Crippen LogP contribution in [0.25, 0.3) is 0 Å². The molecule has 0 saturated carbocycles. The third-order valence-corrected chi connectivity index (χ3v) is 3.41. The summed E-state index contributed by atoms with van der Waals surface area (Å²) in [6.45, 7) is 3.85. The monoisotopic (exact) mass is 288 g/mol. The third kappa shape index (κ3) is 3.31. The Kier molecular flexibility index (Phi) is 4.12. The minimum atomic E-state index is -1.21. The number of furan rings is 1. The number of hydrogen-bond donors (Lipinski definition) is 2. The summed E-state index contributed by atoms with van der Waals surface area (Å²) in [5, 5.41) is 18.2. The molecule has 1 aromatic heterocycles. The second-order valence-corrected chi connectivity index (χ2v) is 5.03. The van der Waals surface area contributed by atoms with Crippen molar-refractivity contribution in [2.75, 3.05) is 0 Å². The molecular weight excluding hydrogens is 272 g/mol. The van der Waals surface area contributed by atoms with E-state index >= 15 is 0 Å². The van der Waals surface area contributed by atoms with Crippen LogP contribution in [-0.4, -0.2) is 22.2 Å². The Balaban J connectivity index is 2.33. The summed E-state index contributed by atoms with van der Waals surface area (Å²) < 4.78 is 5.13. The van der Waals surface area contributed by atoms with E-state index in [4.69, 9.17) is 9.52 Å². The van der Waals surface area contributed by atoms with Crippen molar-refractivity contribution in [3.05, 3.63) is 58.5 Å². The lowest BCUT2D eigenvalue weighted by molar-refractivity contribution is -0.139. The Morgan fingerprint density at radius 3 is 2.43 bits per heavy atom. The molecule has 5 nitrogen and oxygen atoms in total. The largest absolute Gasteiger partial charge is 0.481 e. The molecule has 1 unspecified atom stereocenters.